The number of aryl methyl sites for hydroxylation is 1. The normalized spacial score (nSPS) is 13.0. The third kappa shape index (κ3) is 3.92. The summed E-state index contributed by atoms with van der Waals surface area (Å²) in [4.78, 5) is 16.5. The SMILES string of the molecule is C[C@@H](NC(=O)CSc1nc2cc(S(N)(=O)=O)ccc2n1C)c1ccco1. The predicted octanol–water partition coefficient (Wildman–Crippen LogP) is 1.78. The molecule has 0 fully saturated rings. The number of benzene rings is 1. The maximum absolute atomic E-state index is 12.1. The summed E-state index contributed by atoms with van der Waals surface area (Å²) in [5.74, 6) is 0.697. The number of fused-ring (bicyclic) bond motifs is 1. The fourth-order valence-electron chi connectivity index (χ4n) is 2.49. The molecule has 0 spiro atoms. The summed E-state index contributed by atoms with van der Waals surface area (Å²) in [6, 6.07) is 7.84. The molecular formula is C16H18N4O4S2. The number of nitrogens with two attached hydrogens (primary N) is 1. The number of sulfonamides is 1. The molecule has 0 saturated heterocycles. The Balaban J connectivity index is 1.70. The molecule has 0 radical (unpaired) electrons. The Morgan fingerprint density at radius 2 is 2.19 bits per heavy atom. The highest BCUT2D eigenvalue weighted by atomic mass is 32.2. The Labute approximate surface area is 154 Å². The molecule has 138 valence electrons. The van der Waals surface area contributed by atoms with Crippen LogP contribution in [0.4, 0.5) is 0 Å². The van der Waals surface area contributed by atoms with Crippen molar-refractivity contribution >= 4 is 38.7 Å². The van der Waals surface area contributed by atoms with Gasteiger partial charge in [-0.2, -0.15) is 0 Å². The maximum Gasteiger partial charge on any atom is 0.238 e. The molecule has 3 rings (SSSR count). The van der Waals surface area contributed by atoms with Crippen LogP contribution in [0.3, 0.4) is 0 Å². The van der Waals surface area contributed by atoms with E-state index in [1.165, 1.54) is 23.9 Å². The second kappa shape index (κ2) is 7.14. The van der Waals surface area contributed by atoms with Crippen LogP contribution >= 0.6 is 11.8 Å². The van der Waals surface area contributed by atoms with E-state index in [0.29, 0.717) is 16.4 Å². The van der Waals surface area contributed by atoms with Crippen LogP contribution in [0.1, 0.15) is 18.7 Å². The number of aromatic nitrogens is 2. The fraction of sp³-hybridized carbons (Fsp3) is 0.250. The zero-order chi connectivity index (χ0) is 18.9. The molecule has 3 aromatic rings. The Kier molecular flexibility index (Phi) is 5.08. The number of amides is 1. The van der Waals surface area contributed by atoms with Crippen LogP contribution in [0.5, 0.6) is 0 Å². The van der Waals surface area contributed by atoms with Gasteiger partial charge in [-0.3, -0.25) is 4.79 Å². The van der Waals surface area contributed by atoms with Gasteiger partial charge in [0.05, 0.1) is 34.0 Å². The minimum atomic E-state index is -3.79. The van der Waals surface area contributed by atoms with E-state index in [9.17, 15) is 13.2 Å². The van der Waals surface area contributed by atoms with Crippen molar-refractivity contribution in [1.82, 2.24) is 14.9 Å². The minimum absolute atomic E-state index is 0.00432. The topological polar surface area (TPSA) is 120 Å². The van der Waals surface area contributed by atoms with Crippen molar-refractivity contribution in [1.29, 1.82) is 0 Å². The van der Waals surface area contributed by atoms with Gasteiger partial charge >= 0.3 is 0 Å². The van der Waals surface area contributed by atoms with Crippen molar-refractivity contribution in [3.63, 3.8) is 0 Å². The van der Waals surface area contributed by atoms with E-state index in [1.807, 2.05) is 6.92 Å². The number of carbonyl (C=O) groups is 1. The molecule has 26 heavy (non-hydrogen) atoms. The number of rotatable bonds is 6. The van der Waals surface area contributed by atoms with Crippen molar-refractivity contribution < 1.29 is 17.6 Å². The van der Waals surface area contributed by atoms with Crippen LogP contribution in [0.15, 0.2) is 51.1 Å². The summed E-state index contributed by atoms with van der Waals surface area (Å²) in [6.45, 7) is 1.84. The van der Waals surface area contributed by atoms with Gasteiger partial charge < -0.3 is 14.3 Å². The molecule has 0 bridgehead atoms. The third-order valence-corrected chi connectivity index (χ3v) is 5.76. The predicted molar refractivity (Wildman–Crippen MR) is 98.1 cm³/mol. The van der Waals surface area contributed by atoms with E-state index in [-0.39, 0.29) is 22.6 Å². The average Bonchev–Trinajstić information content (AvgIpc) is 3.20. The van der Waals surface area contributed by atoms with Crippen molar-refractivity contribution in [3.8, 4) is 0 Å². The van der Waals surface area contributed by atoms with Crippen LogP contribution in [0, 0.1) is 0 Å². The highest BCUT2D eigenvalue weighted by Gasteiger charge is 2.16. The van der Waals surface area contributed by atoms with Gasteiger partial charge in [0.2, 0.25) is 15.9 Å². The van der Waals surface area contributed by atoms with Gasteiger partial charge in [0.1, 0.15) is 5.76 Å². The minimum Gasteiger partial charge on any atom is -0.467 e. The highest BCUT2D eigenvalue weighted by molar-refractivity contribution is 7.99. The van der Waals surface area contributed by atoms with Gasteiger partial charge in [0.25, 0.3) is 0 Å². The van der Waals surface area contributed by atoms with E-state index in [2.05, 4.69) is 10.3 Å². The summed E-state index contributed by atoms with van der Waals surface area (Å²) in [5, 5.41) is 8.60. The zero-order valence-corrected chi connectivity index (χ0v) is 15.8. The number of hydrogen-bond acceptors (Lipinski definition) is 6. The fourth-order valence-corrected chi connectivity index (χ4v) is 3.82. The lowest BCUT2D eigenvalue weighted by molar-refractivity contribution is -0.119. The number of nitrogens with zero attached hydrogens (tertiary/aromatic N) is 2. The van der Waals surface area contributed by atoms with Gasteiger partial charge in [0.15, 0.2) is 5.16 Å². The van der Waals surface area contributed by atoms with Crippen LogP contribution in [0.25, 0.3) is 11.0 Å². The monoisotopic (exact) mass is 394 g/mol. The zero-order valence-electron chi connectivity index (χ0n) is 14.2. The molecule has 2 heterocycles. The average molecular weight is 394 g/mol. The lowest BCUT2D eigenvalue weighted by Crippen LogP contribution is -2.28. The molecule has 0 aliphatic carbocycles. The first-order chi connectivity index (χ1) is 12.3. The second-order valence-electron chi connectivity index (χ2n) is 5.74. The molecule has 1 aromatic carbocycles. The second-order valence-corrected chi connectivity index (χ2v) is 8.25. The Morgan fingerprint density at radius 3 is 2.85 bits per heavy atom. The Morgan fingerprint density at radius 1 is 1.42 bits per heavy atom. The van der Waals surface area contributed by atoms with Crippen molar-refractivity contribution in [2.75, 3.05) is 5.75 Å². The number of thioether (sulfide) groups is 1. The number of hydrogen-bond donors (Lipinski definition) is 2. The van der Waals surface area contributed by atoms with E-state index in [1.54, 1.807) is 36.1 Å². The number of carbonyl (C=O) groups excluding carboxylic acids is 1. The Hall–Kier alpha value is -2.30. The van der Waals surface area contributed by atoms with Gasteiger partial charge in [-0.25, -0.2) is 18.5 Å². The van der Waals surface area contributed by atoms with Crippen molar-refractivity contribution in [3.05, 3.63) is 42.4 Å². The molecule has 8 nitrogen and oxygen atoms in total. The molecule has 0 aliphatic heterocycles. The maximum atomic E-state index is 12.1. The van der Waals surface area contributed by atoms with Crippen LogP contribution in [-0.4, -0.2) is 29.6 Å². The number of nitrogens with one attached hydrogen (secondary N) is 1. The standard InChI is InChI=1S/C16H18N4O4S2/c1-10(14-4-3-7-24-14)18-15(21)9-25-16-19-12-8-11(26(17,22)23)5-6-13(12)20(16)2/h3-8,10H,9H2,1-2H3,(H,18,21)(H2,17,22,23)/t10-/m1/s1. The first kappa shape index (κ1) is 18.5. The van der Waals surface area contributed by atoms with Gasteiger partial charge in [-0.1, -0.05) is 11.8 Å². The smallest absolute Gasteiger partial charge is 0.238 e. The molecule has 0 aliphatic rings. The Bertz CT molecular complexity index is 1040. The van der Waals surface area contributed by atoms with Gasteiger partial charge in [-0.05, 0) is 37.3 Å². The summed E-state index contributed by atoms with van der Waals surface area (Å²) in [6.07, 6.45) is 1.56. The van der Waals surface area contributed by atoms with Gasteiger partial charge in [0, 0.05) is 7.05 Å². The molecule has 0 unspecified atom stereocenters. The molecule has 3 N–H and O–H groups in total. The third-order valence-electron chi connectivity index (χ3n) is 3.82. The summed E-state index contributed by atoms with van der Waals surface area (Å²) in [5.41, 5.74) is 1.26. The molecular weight excluding hydrogens is 376 g/mol. The summed E-state index contributed by atoms with van der Waals surface area (Å²) >= 11 is 1.26. The summed E-state index contributed by atoms with van der Waals surface area (Å²) < 4.78 is 30.0. The van der Waals surface area contributed by atoms with E-state index in [4.69, 9.17) is 9.56 Å². The quantitative estimate of drug-likeness (QED) is 0.615. The summed E-state index contributed by atoms with van der Waals surface area (Å²) in [7, 11) is -1.98. The van der Waals surface area contributed by atoms with E-state index < -0.39 is 10.0 Å². The van der Waals surface area contributed by atoms with Crippen molar-refractivity contribution in [2.45, 2.75) is 23.0 Å². The number of furan rings is 1. The number of primary sulfonamides is 1. The van der Waals surface area contributed by atoms with E-state index >= 15 is 0 Å². The lowest BCUT2D eigenvalue weighted by Gasteiger charge is -2.11. The number of imidazole rings is 1. The van der Waals surface area contributed by atoms with Crippen LogP contribution in [0.2, 0.25) is 0 Å². The largest absolute Gasteiger partial charge is 0.467 e. The molecule has 1 atom stereocenters. The van der Waals surface area contributed by atoms with Crippen LogP contribution in [-0.2, 0) is 21.9 Å². The molecule has 2 aromatic heterocycles. The van der Waals surface area contributed by atoms with E-state index in [0.717, 1.165) is 5.52 Å². The first-order valence-electron chi connectivity index (χ1n) is 7.70. The first-order valence-corrected chi connectivity index (χ1v) is 10.2. The lowest BCUT2D eigenvalue weighted by atomic mass is 10.2. The molecule has 0 saturated carbocycles. The molecule has 10 heteroatoms. The van der Waals surface area contributed by atoms with Crippen LogP contribution < -0.4 is 10.5 Å². The van der Waals surface area contributed by atoms with Crippen molar-refractivity contribution in [2.24, 2.45) is 12.2 Å². The molecule has 1 amide bonds. The highest BCUT2D eigenvalue weighted by Crippen LogP contribution is 2.25. The van der Waals surface area contributed by atoms with Gasteiger partial charge in [-0.15, -0.1) is 0 Å².